The number of hydrazone groups is 1. The zero-order chi connectivity index (χ0) is 21.6. The Hall–Kier alpha value is -1.69. The summed E-state index contributed by atoms with van der Waals surface area (Å²) in [5, 5.41) is 4.02. The Morgan fingerprint density at radius 1 is 1.30 bits per heavy atom. The van der Waals surface area contributed by atoms with Gasteiger partial charge in [-0.1, -0.05) is 28.1 Å². The minimum absolute atomic E-state index is 0.0774. The van der Waals surface area contributed by atoms with Crippen LogP contribution < -0.4 is 14.9 Å². The number of ether oxygens (including phenoxy) is 4. The molecule has 160 valence electrons. The highest BCUT2D eigenvalue weighted by Crippen LogP contribution is 2.34. The fourth-order valence-electron chi connectivity index (χ4n) is 2.86. The molecule has 0 aliphatic carbocycles. The van der Waals surface area contributed by atoms with Gasteiger partial charge in [-0.25, -0.2) is 5.43 Å². The highest BCUT2D eigenvalue weighted by Gasteiger charge is 2.33. The third-order valence-corrected chi connectivity index (χ3v) is 5.66. The summed E-state index contributed by atoms with van der Waals surface area (Å²) in [5.41, 5.74) is 4.32. The van der Waals surface area contributed by atoms with Crippen LogP contribution in [0.4, 0.5) is 0 Å². The number of carbonyl (C=O) groups excluding carboxylic acids is 1. The molecular formula is C21H22BrIN2O5. The van der Waals surface area contributed by atoms with Crippen molar-refractivity contribution in [1.82, 2.24) is 5.43 Å². The molecule has 0 radical (unpaired) electrons. The summed E-state index contributed by atoms with van der Waals surface area (Å²) in [6, 6.07) is 11.6. The van der Waals surface area contributed by atoms with E-state index in [1.165, 1.54) is 0 Å². The maximum absolute atomic E-state index is 12.0. The Balaban J connectivity index is 1.61. The van der Waals surface area contributed by atoms with Crippen LogP contribution >= 0.6 is 38.5 Å². The molecule has 1 fully saturated rings. The van der Waals surface area contributed by atoms with Gasteiger partial charge in [0.15, 0.2) is 17.3 Å². The molecule has 1 heterocycles. The average molecular weight is 589 g/mol. The highest BCUT2D eigenvalue weighted by atomic mass is 127. The molecule has 30 heavy (non-hydrogen) atoms. The lowest BCUT2D eigenvalue weighted by Gasteiger charge is -2.20. The van der Waals surface area contributed by atoms with Crippen molar-refractivity contribution in [2.24, 2.45) is 5.10 Å². The molecule has 9 heteroatoms. The lowest BCUT2D eigenvalue weighted by Crippen LogP contribution is -2.33. The minimum Gasteiger partial charge on any atom is -0.493 e. The lowest BCUT2D eigenvalue weighted by atomic mass is 10.2. The summed E-state index contributed by atoms with van der Waals surface area (Å²) in [7, 11) is 1.59. The number of methoxy groups -OCH3 is 1. The zero-order valence-corrected chi connectivity index (χ0v) is 20.4. The van der Waals surface area contributed by atoms with Crippen molar-refractivity contribution >= 4 is 50.6 Å². The van der Waals surface area contributed by atoms with Crippen LogP contribution in [0.1, 0.15) is 24.5 Å². The number of hydrogen-bond acceptors (Lipinski definition) is 6. The number of hydrogen-bond donors (Lipinski definition) is 1. The van der Waals surface area contributed by atoms with Gasteiger partial charge in [0.25, 0.3) is 0 Å². The van der Waals surface area contributed by atoms with E-state index in [0.717, 1.165) is 19.2 Å². The molecule has 0 atom stereocenters. The Morgan fingerprint density at radius 3 is 2.67 bits per heavy atom. The van der Waals surface area contributed by atoms with E-state index in [1.807, 2.05) is 30.3 Å². The summed E-state index contributed by atoms with van der Waals surface area (Å²) >= 11 is 5.61. The van der Waals surface area contributed by atoms with Crippen LogP contribution in [-0.2, 0) is 20.9 Å². The van der Waals surface area contributed by atoms with Gasteiger partial charge in [0.05, 0.1) is 36.5 Å². The number of nitrogens with one attached hydrogen (secondary N) is 1. The second-order valence-corrected chi connectivity index (χ2v) is 8.83. The molecule has 0 saturated carbocycles. The first-order chi connectivity index (χ1) is 14.4. The van der Waals surface area contributed by atoms with Crippen molar-refractivity contribution in [3.63, 3.8) is 0 Å². The Labute approximate surface area is 197 Å². The van der Waals surface area contributed by atoms with Gasteiger partial charge in [-0.05, 0) is 64.9 Å². The fraction of sp³-hybridized carbons (Fsp3) is 0.333. The average Bonchev–Trinajstić information content (AvgIpc) is 3.13. The van der Waals surface area contributed by atoms with E-state index in [1.54, 1.807) is 26.3 Å². The lowest BCUT2D eigenvalue weighted by molar-refractivity contribution is -0.159. The van der Waals surface area contributed by atoms with Crippen LogP contribution in [0.2, 0.25) is 0 Å². The number of nitrogens with zero attached hydrogens (tertiary/aromatic N) is 1. The van der Waals surface area contributed by atoms with Gasteiger partial charge in [0.2, 0.25) is 5.91 Å². The van der Waals surface area contributed by atoms with Crippen LogP contribution in [0.15, 0.2) is 46.0 Å². The van der Waals surface area contributed by atoms with Crippen LogP contribution in [-0.4, -0.2) is 38.2 Å². The quantitative estimate of drug-likeness (QED) is 0.283. The number of carbonyl (C=O) groups is 1. The van der Waals surface area contributed by atoms with E-state index in [4.69, 9.17) is 18.9 Å². The van der Waals surface area contributed by atoms with Gasteiger partial charge in [0, 0.05) is 4.47 Å². The molecule has 7 nitrogen and oxygen atoms in total. The first-order valence-corrected chi connectivity index (χ1v) is 11.1. The second-order valence-electron chi connectivity index (χ2n) is 6.75. The third-order valence-electron chi connectivity index (χ3n) is 4.33. The van der Waals surface area contributed by atoms with Crippen LogP contribution in [0.25, 0.3) is 0 Å². The summed E-state index contributed by atoms with van der Waals surface area (Å²) < 4.78 is 24.2. The standard InChI is InChI=1S/C21H22BrIN2O5/c1-21(29-7-8-30-21)11-19(26)25-24-12-15-9-17(23)20(18(10-15)27-2)28-13-14-3-5-16(22)6-4-14/h3-6,9-10,12H,7-8,11,13H2,1-2H3,(H,25,26). The fourth-order valence-corrected chi connectivity index (χ4v) is 3.90. The van der Waals surface area contributed by atoms with Crippen LogP contribution in [0, 0.1) is 3.57 Å². The third kappa shape index (κ3) is 6.40. The Bertz CT molecular complexity index is 914. The van der Waals surface area contributed by atoms with Crippen molar-refractivity contribution in [1.29, 1.82) is 0 Å². The molecule has 1 N–H and O–H groups in total. The molecule has 2 aromatic rings. The van der Waals surface area contributed by atoms with Gasteiger partial charge in [-0.2, -0.15) is 5.10 Å². The molecule has 1 aliphatic heterocycles. The first kappa shape index (κ1) is 23.0. The van der Waals surface area contributed by atoms with Gasteiger partial charge in [0.1, 0.15) is 6.61 Å². The minimum atomic E-state index is -0.883. The predicted octanol–water partition coefficient (Wildman–Crippen LogP) is 4.24. The zero-order valence-electron chi connectivity index (χ0n) is 16.6. The summed E-state index contributed by atoms with van der Waals surface area (Å²) in [6.45, 7) is 3.14. The first-order valence-electron chi connectivity index (χ1n) is 9.23. The summed E-state index contributed by atoms with van der Waals surface area (Å²) in [5.74, 6) is 0.0796. The molecule has 1 saturated heterocycles. The normalized spacial score (nSPS) is 15.3. The van der Waals surface area contributed by atoms with Gasteiger partial charge >= 0.3 is 0 Å². The number of amides is 1. The molecule has 1 amide bonds. The molecule has 2 aromatic carbocycles. The van der Waals surface area contributed by atoms with E-state index in [0.29, 0.717) is 31.3 Å². The number of benzene rings is 2. The molecular weight excluding hydrogens is 567 g/mol. The monoisotopic (exact) mass is 588 g/mol. The van der Waals surface area contributed by atoms with E-state index in [-0.39, 0.29) is 12.3 Å². The maximum Gasteiger partial charge on any atom is 0.245 e. The van der Waals surface area contributed by atoms with E-state index >= 15 is 0 Å². The van der Waals surface area contributed by atoms with Crippen LogP contribution in [0.3, 0.4) is 0 Å². The molecule has 0 aromatic heterocycles. The number of halogens is 2. The smallest absolute Gasteiger partial charge is 0.245 e. The van der Waals surface area contributed by atoms with Crippen molar-refractivity contribution in [2.75, 3.05) is 20.3 Å². The van der Waals surface area contributed by atoms with E-state index < -0.39 is 5.79 Å². The molecule has 3 rings (SSSR count). The van der Waals surface area contributed by atoms with Crippen molar-refractivity contribution in [2.45, 2.75) is 25.7 Å². The predicted molar refractivity (Wildman–Crippen MR) is 125 cm³/mol. The largest absolute Gasteiger partial charge is 0.493 e. The molecule has 0 spiro atoms. The SMILES string of the molecule is COc1cc(C=NNC(=O)CC2(C)OCCO2)cc(I)c1OCc1ccc(Br)cc1. The van der Waals surface area contributed by atoms with Crippen molar-refractivity contribution in [3.8, 4) is 11.5 Å². The summed E-state index contributed by atoms with van der Waals surface area (Å²) in [4.78, 5) is 12.0. The highest BCUT2D eigenvalue weighted by molar-refractivity contribution is 14.1. The van der Waals surface area contributed by atoms with E-state index in [9.17, 15) is 4.79 Å². The van der Waals surface area contributed by atoms with Crippen molar-refractivity contribution in [3.05, 3.63) is 55.6 Å². The Morgan fingerprint density at radius 2 is 2.00 bits per heavy atom. The van der Waals surface area contributed by atoms with Gasteiger partial charge < -0.3 is 18.9 Å². The Kier molecular flexibility index (Phi) is 8.09. The second kappa shape index (κ2) is 10.6. The van der Waals surface area contributed by atoms with Gasteiger partial charge in [-0.3, -0.25) is 4.79 Å². The van der Waals surface area contributed by atoms with Crippen molar-refractivity contribution < 1.29 is 23.7 Å². The van der Waals surface area contributed by atoms with Crippen LogP contribution in [0.5, 0.6) is 11.5 Å². The number of rotatable bonds is 8. The van der Waals surface area contributed by atoms with Gasteiger partial charge in [-0.15, -0.1) is 0 Å². The molecule has 0 unspecified atom stereocenters. The molecule has 0 bridgehead atoms. The van der Waals surface area contributed by atoms with E-state index in [2.05, 4.69) is 49.0 Å². The molecule has 1 aliphatic rings. The topological polar surface area (TPSA) is 78.4 Å². The summed E-state index contributed by atoms with van der Waals surface area (Å²) in [6.07, 6.45) is 1.63. The maximum atomic E-state index is 12.0.